The highest BCUT2D eigenvalue weighted by Gasteiger charge is 2.35. The van der Waals surface area contributed by atoms with Crippen molar-refractivity contribution in [2.45, 2.75) is 25.4 Å². The van der Waals surface area contributed by atoms with Gasteiger partial charge >= 0.3 is 6.03 Å². The highest BCUT2D eigenvalue weighted by atomic mass is 32.1. The largest absolute Gasteiger partial charge is 0.395 e. The molecule has 0 radical (unpaired) electrons. The van der Waals surface area contributed by atoms with E-state index in [1.165, 1.54) is 0 Å². The maximum absolute atomic E-state index is 12.7. The molecule has 1 saturated carbocycles. The Morgan fingerprint density at radius 3 is 2.78 bits per heavy atom. The summed E-state index contributed by atoms with van der Waals surface area (Å²) in [4.78, 5) is 18.7. The summed E-state index contributed by atoms with van der Waals surface area (Å²) in [6.07, 6.45) is 4.03. The number of aliphatic hydroxyl groups is 1. The van der Waals surface area contributed by atoms with Crippen LogP contribution in [0.25, 0.3) is 0 Å². The standard InChI is InChI=1S/C17H21N3O2S/c21-10-9-20(12-13-4-2-1-3-5-13)17(22)19-15(14-6-7-14)16-18-8-11-23-16/h1-5,8,11,14-15,21H,6-7,9-10,12H2,(H,19,22). The molecule has 6 heteroatoms. The summed E-state index contributed by atoms with van der Waals surface area (Å²) in [6.45, 7) is 0.754. The molecule has 5 nitrogen and oxygen atoms in total. The average Bonchev–Trinajstić information content (AvgIpc) is 3.27. The maximum atomic E-state index is 12.7. The van der Waals surface area contributed by atoms with Crippen LogP contribution < -0.4 is 5.32 Å². The van der Waals surface area contributed by atoms with Gasteiger partial charge in [-0.15, -0.1) is 11.3 Å². The fourth-order valence-electron chi connectivity index (χ4n) is 2.60. The molecule has 0 aliphatic heterocycles. The molecular formula is C17H21N3O2S. The monoisotopic (exact) mass is 331 g/mol. The minimum absolute atomic E-state index is 0.0144. The van der Waals surface area contributed by atoms with E-state index in [1.54, 1.807) is 22.4 Å². The second-order valence-corrected chi connectivity index (χ2v) is 6.69. The second kappa shape index (κ2) is 7.57. The fraction of sp³-hybridized carbons (Fsp3) is 0.412. The van der Waals surface area contributed by atoms with Crippen molar-refractivity contribution in [2.24, 2.45) is 5.92 Å². The number of rotatable bonds is 7. The highest BCUT2D eigenvalue weighted by Crippen LogP contribution is 2.41. The van der Waals surface area contributed by atoms with Gasteiger partial charge in [0.2, 0.25) is 0 Å². The summed E-state index contributed by atoms with van der Waals surface area (Å²) in [6, 6.07) is 9.66. The van der Waals surface area contributed by atoms with Crippen LogP contribution in [0.1, 0.15) is 29.5 Å². The summed E-state index contributed by atoms with van der Waals surface area (Å²) in [5.74, 6) is 0.484. The first-order valence-electron chi connectivity index (χ1n) is 7.87. The molecule has 1 aliphatic carbocycles. The van der Waals surface area contributed by atoms with E-state index in [9.17, 15) is 9.90 Å². The Balaban J connectivity index is 1.67. The van der Waals surface area contributed by atoms with Crippen LogP contribution in [0.2, 0.25) is 0 Å². The number of thiazole rings is 1. The van der Waals surface area contributed by atoms with Crippen molar-refractivity contribution in [1.82, 2.24) is 15.2 Å². The molecule has 1 fully saturated rings. The molecule has 0 bridgehead atoms. The number of urea groups is 1. The number of carbonyl (C=O) groups excluding carboxylic acids is 1. The molecule has 2 N–H and O–H groups in total. The first-order valence-corrected chi connectivity index (χ1v) is 8.75. The van der Waals surface area contributed by atoms with Crippen LogP contribution in [-0.2, 0) is 6.54 Å². The van der Waals surface area contributed by atoms with Gasteiger partial charge in [-0.3, -0.25) is 0 Å². The van der Waals surface area contributed by atoms with Crippen LogP contribution >= 0.6 is 11.3 Å². The minimum atomic E-state index is -0.144. The van der Waals surface area contributed by atoms with Gasteiger partial charge in [0.15, 0.2) is 0 Å². The molecule has 1 atom stereocenters. The van der Waals surface area contributed by atoms with Crippen LogP contribution in [0.5, 0.6) is 0 Å². The number of benzene rings is 1. The van der Waals surface area contributed by atoms with Gasteiger partial charge in [-0.2, -0.15) is 0 Å². The Hall–Kier alpha value is -1.92. The summed E-state index contributed by atoms with van der Waals surface area (Å²) >= 11 is 1.58. The van der Waals surface area contributed by atoms with E-state index in [0.29, 0.717) is 19.0 Å². The van der Waals surface area contributed by atoms with Gasteiger partial charge in [-0.25, -0.2) is 9.78 Å². The van der Waals surface area contributed by atoms with Gasteiger partial charge in [0, 0.05) is 24.7 Å². The van der Waals surface area contributed by atoms with Crippen LogP contribution in [0.15, 0.2) is 41.9 Å². The molecule has 23 heavy (non-hydrogen) atoms. The third-order valence-electron chi connectivity index (χ3n) is 3.96. The first kappa shape index (κ1) is 16.0. The van der Waals surface area contributed by atoms with E-state index in [0.717, 1.165) is 23.4 Å². The second-order valence-electron chi connectivity index (χ2n) is 5.77. The van der Waals surface area contributed by atoms with Gasteiger partial charge in [0.05, 0.1) is 12.6 Å². The number of nitrogens with zero attached hydrogens (tertiary/aromatic N) is 2. The smallest absolute Gasteiger partial charge is 0.318 e. The van der Waals surface area contributed by atoms with Gasteiger partial charge < -0.3 is 15.3 Å². The first-order chi connectivity index (χ1) is 11.3. The number of carbonyl (C=O) groups is 1. The van der Waals surface area contributed by atoms with Crippen molar-refractivity contribution < 1.29 is 9.90 Å². The Labute approximate surface area is 140 Å². The Morgan fingerprint density at radius 2 is 2.17 bits per heavy atom. The van der Waals surface area contributed by atoms with E-state index < -0.39 is 0 Å². The number of aromatic nitrogens is 1. The Morgan fingerprint density at radius 1 is 1.39 bits per heavy atom. The van der Waals surface area contributed by atoms with Crippen molar-refractivity contribution in [3.05, 3.63) is 52.5 Å². The molecule has 2 amide bonds. The van der Waals surface area contributed by atoms with Crippen LogP contribution in [0.3, 0.4) is 0 Å². The molecule has 0 saturated heterocycles. The minimum Gasteiger partial charge on any atom is -0.395 e. The molecule has 1 aliphatic rings. The van der Waals surface area contributed by atoms with Crippen LogP contribution in [-0.4, -0.2) is 34.2 Å². The zero-order valence-electron chi connectivity index (χ0n) is 12.9. The van der Waals surface area contributed by atoms with E-state index in [2.05, 4.69) is 10.3 Å². The maximum Gasteiger partial charge on any atom is 0.318 e. The summed E-state index contributed by atoms with van der Waals surface area (Å²) in [7, 11) is 0. The van der Waals surface area contributed by atoms with Gasteiger partial charge in [0.25, 0.3) is 0 Å². The lowest BCUT2D eigenvalue weighted by atomic mass is 10.2. The SMILES string of the molecule is O=C(NC(c1nccs1)C1CC1)N(CCO)Cc1ccccc1. The molecule has 122 valence electrons. The molecule has 3 rings (SSSR count). The molecular weight excluding hydrogens is 310 g/mol. The number of hydrogen-bond donors (Lipinski definition) is 2. The lowest BCUT2D eigenvalue weighted by Crippen LogP contribution is -2.43. The lowest BCUT2D eigenvalue weighted by molar-refractivity contribution is 0.169. The number of amides is 2. The normalized spacial score (nSPS) is 15.2. The fourth-order valence-corrected chi connectivity index (χ4v) is 3.38. The van der Waals surface area contributed by atoms with Crippen molar-refractivity contribution in [2.75, 3.05) is 13.2 Å². The van der Waals surface area contributed by atoms with Crippen molar-refractivity contribution in [1.29, 1.82) is 0 Å². The van der Waals surface area contributed by atoms with Gasteiger partial charge in [0.1, 0.15) is 5.01 Å². The van der Waals surface area contributed by atoms with Crippen molar-refractivity contribution in [3.63, 3.8) is 0 Å². The predicted octanol–water partition coefficient (Wildman–Crippen LogP) is 2.80. The predicted molar refractivity (Wildman–Crippen MR) is 90.0 cm³/mol. The highest BCUT2D eigenvalue weighted by molar-refractivity contribution is 7.09. The summed E-state index contributed by atoms with van der Waals surface area (Å²) < 4.78 is 0. The van der Waals surface area contributed by atoms with E-state index in [1.807, 2.05) is 35.7 Å². The molecule has 2 aromatic rings. The average molecular weight is 331 g/mol. The van der Waals surface area contributed by atoms with E-state index in [-0.39, 0.29) is 18.7 Å². The Kier molecular flexibility index (Phi) is 5.25. The van der Waals surface area contributed by atoms with Crippen LogP contribution in [0.4, 0.5) is 4.79 Å². The Bertz CT molecular complexity index is 614. The number of aliphatic hydroxyl groups excluding tert-OH is 1. The van der Waals surface area contributed by atoms with Crippen molar-refractivity contribution >= 4 is 17.4 Å². The molecule has 1 aromatic heterocycles. The topological polar surface area (TPSA) is 65.5 Å². The van der Waals surface area contributed by atoms with Gasteiger partial charge in [-0.05, 0) is 24.3 Å². The number of nitrogens with one attached hydrogen (secondary N) is 1. The van der Waals surface area contributed by atoms with Gasteiger partial charge in [-0.1, -0.05) is 30.3 Å². The zero-order chi connectivity index (χ0) is 16.1. The molecule has 0 spiro atoms. The molecule has 1 aromatic carbocycles. The molecule has 1 unspecified atom stereocenters. The molecule has 1 heterocycles. The number of hydrogen-bond acceptors (Lipinski definition) is 4. The lowest BCUT2D eigenvalue weighted by Gasteiger charge is -2.25. The van der Waals surface area contributed by atoms with E-state index in [4.69, 9.17) is 0 Å². The summed E-state index contributed by atoms with van der Waals surface area (Å²) in [5, 5.41) is 15.3. The third-order valence-corrected chi connectivity index (χ3v) is 4.82. The quantitative estimate of drug-likeness (QED) is 0.820. The zero-order valence-corrected chi connectivity index (χ0v) is 13.7. The van der Waals surface area contributed by atoms with Crippen molar-refractivity contribution in [3.8, 4) is 0 Å². The van der Waals surface area contributed by atoms with E-state index >= 15 is 0 Å². The summed E-state index contributed by atoms with van der Waals surface area (Å²) in [5.41, 5.74) is 1.05. The van der Waals surface area contributed by atoms with Crippen LogP contribution in [0, 0.1) is 5.92 Å². The third kappa shape index (κ3) is 4.30.